The summed E-state index contributed by atoms with van der Waals surface area (Å²) in [6.45, 7) is 7.07. The molecule has 0 bridgehead atoms. The molecule has 10 nitrogen and oxygen atoms in total. The predicted octanol–water partition coefficient (Wildman–Crippen LogP) is 5.72. The standard InChI is InChI=1S/C14H14ClN3O2.C8H6ClN3.C6H8O2/c1-10(2)20-13(19)7-8-18-9-16-14(17-18)11-3-5-12(15)6-4-11;9-7-3-1-6(2-4-7)8-10-5-11-12-8;1-4-6(7)8-5(2)3/h3-10H,1-2H3;1-5H,(H,10,11,12);1,5H,2-3H3/b8-7-;;. The lowest BCUT2D eigenvalue weighted by molar-refractivity contribution is -0.141. The molecule has 2 aromatic heterocycles. The molecule has 0 radical (unpaired) electrons. The number of hydrogen-bond donors (Lipinski definition) is 1. The van der Waals surface area contributed by atoms with Crippen molar-refractivity contribution in [2.45, 2.75) is 39.9 Å². The summed E-state index contributed by atoms with van der Waals surface area (Å²) in [7, 11) is 0. The summed E-state index contributed by atoms with van der Waals surface area (Å²) in [5.74, 6) is 2.14. The molecule has 1 N–H and O–H groups in total. The van der Waals surface area contributed by atoms with Crippen LogP contribution in [0, 0.1) is 12.3 Å². The number of esters is 2. The number of terminal acetylenes is 1. The van der Waals surface area contributed by atoms with E-state index in [1.54, 1.807) is 39.8 Å². The second kappa shape index (κ2) is 16.5. The Morgan fingerprint density at radius 3 is 1.98 bits per heavy atom. The Kier molecular flexibility index (Phi) is 13.1. The second-order valence-electron chi connectivity index (χ2n) is 8.30. The van der Waals surface area contributed by atoms with Crippen molar-refractivity contribution in [2.24, 2.45) is 0 Å². The Bertz CT molecular complexity index is 1410. The van der Waals surface area contributed by atoms with E-state index >= 15 is 0 Å². The van der Waals surface area contributed by atoms with Crippen molar-refractivity contribution in [2.75, 3.05) is 0 Å². The maximum atomic E-state index is 11.4. The number of H-pyrrole nitrogens is 1. The van der Waals surface area contributed by atoms with E-state index in [0.29, 0.717) is 10.8 Å². The van der Waals surface area contributed by atoms with Crippen LogP contribution in [0.2, 0.25) is 10.0 Å². The summed E-state index contributed by atoms with van der Waals surface area (Å²) >= 11 is 11.5. The van der Waals surface area contributed by atoms with Crippen LogP contribution in [0.5, 0.6) is 0 Å². The van der Waals surface area contributed by atoms with Gasteiger partial charge in [-0.2, -0.15) is 5.10 Å². The van der Waals surface area contributed by atoms with Crippen LogP contribution in [0.15, 0.2) is 67.3 Å². The van der Waals surface area contributed by atoms with Crippen LogP contribution < -0.4 is 0 Å². The zero-order chi connectivity index (χ0) is 29.5. The number of hydrogen-bond acceptors (Lipinski definition) is 8. The molecule has 0 amide bonds. The topological polar surface area (TPSA) is 125 Å². The maximum Gasteiger partial charge on any atom is 0.384 e. The molecule has 2 heterocycles. The maximum absolute atomic E-state index is 11.4. The van der Waals surface area contributed by atoms with Crippen molar-refractivity contribution in [1.29, 1.82) is 0 Å². The fourth-order valence-corrected chi connectivity index (χ4v) is 2.94. The van der Waals surface area contributed by atoms with E-state index in [2.05, 4.69) is 30.0 Å². The van der Waals surface area contributed by atoms with Gasteiger partial charge in [-0.25, -0.2) is 24.2 Å². The van der Waals surface area contributed by atoms with Crippen LogP contribution in [-0.4, -0.2) is 54.1 Å². The number of aromatic nitrogens is 6. The molecule has 0 saturated carbocycles. The SMILES string of the molecule is C#CC(=O)OC(C)C.CC(C)OC(=O)/C=C\n1cnc(-c2ccc(Cl)cc2)n1.Clc1ccc(-c2ncn[nH]2)cc1. The number of carbonyl (C=O) groups is 2. The fourth-order valence-electron chi connectivity index (χ4n) is 2.69. The normalized spacial score (nSPS) is 10.3. The molecule has 208 valence electrons. The van der Waals surface area contributed by atoms with Crippen molar-refractivity contribution in [3.63, 3.8) is 0 Å². The van der Waals surface area contributed by atoms with Gasteiger partial charge in [-0.05, 0) is 76.2 Å². The van der Waals surface area contributed by atoms with E-state index in [0.717, 1.165) is 22.0 Å². The van der Waals surface area contributed by atoms with E-state index < -0.39 is 11.9 Å². The number of ether oxygens (including phenoxy) is 2. The van der Waals surface area contributed by atoms with E-state index in [-0.39, 0.29) is 12.2 Å². The minimum absolute atomic E-state index is 0.112. The van der Waals surface area contributed by atoms with Gasteiger partial charge in [0, 0.05) is 39.4 Å². The van der Waals surface area contributed by atoms with E-state index in [9.17, 15) is 9.59 Å². The molecule has 0 unspecified atom stereocenters. The van der Waals surface area contributed by atoms with E-state index in [1.165, 1.54) is 29.6 Å². The molecule has 0 spiro atoms. The molecule has 4 aromatic rings. The highest BCUT2D eigenvalue weighted by molar-refractivity contribution is 6.30. The summed E-state index contributed by atoms with van der Waals surface area (Å²) in [4.78, 5) is 29.7. The third kappa shape index (κ3) is 11.9. The quantitative estimate of drug-likeness (QED) is 0.132. The molecule has 0 aliphatic rings. The Balaban J connectivity index is 0.000000237. The highest BCUT2D eigenvalue weighted by Gasteiger charge is 2.04. The zero-order valence-electron chi connectivity index (χ0n) is 22.3. The van der Waals surface area contributed by atoms with Gasteiger partial charge in [-0.15, -0.1) is 11.5 Å². The predicted molar refractivity (Wildman–Crippen MR) is 154 cm³/mol. The molecular formula is C28H28Cl2N6O4. The fraction of sp³-hybridized carbons (Fsp3) is 0.214. The molecule has 4 rings (SSSR count). The number of nitrogens with zero attached hydrogens (tertiary/aromatic N) is 5. The number of nitrogens with one attached hydrogen (secondary N) is 1. The average Bonchev–Trinajstić information content (AvgIpc) is 3.61. The number of halogens is 2. The largest absolute Gasteiger partial charge is 0.460 e. The Hall–Kier alpha value is -4.46. The van der Waals surface area contributed by atoms with Gasteiger partial charge >= 0.3 is 11.9 Å². The van der Waals surface area contributed by atoms with Crippen molar-refractivity contribution in [3.8, 4) is 35.1 Å². The van der Waals surface area contributed by atoms with Crippen molar-refractivity contribution < 1.29 is 19.1 Å². The third-order valence-corrected chi connectivity index (χ3v) is 4.82. The number of rotatable bonds is 6. The summed E-state index contributed by atoms with van der Waals surface area (Å²) < 4.78 is 10.9. The van der Waals surface area contributed by atoms with Crippen molar-refractivity contribution in [1.82, 2.24) is 29.9 Å². The van der Waals surface area contributed by atoms with Gasteiger partial charge < -0.3 is 9.47 Å². The summed E-state index contributed by atoms with van der Waals surface area (Å²) in [6.07, 6.45) is 10.2. The van der Waals surface area contributed by atoms with Crippen molar-refractivity contribution in [3.05, 3.63) is 77.3 Å². The Morgan fingerprint density at radius 1 is 0.925 bits per heavy atom. The summed E-state index contributed by atoms with van der Waals surface area (Å²) in [5, 5.41) is 12.1. The molecule has 0 aliphatic carbocycles. The number of carbonyl (C=O) groups excluding carboxylic acids is 2. The third-order valence-electron chi connectivity index (χ3n) is 4.32. The molecular weight excluding hydrogens is 555 g/mol. The molecule has 2 aromatic carbocycles. The van der Waals surface area contributed by atoms with E-state index in [4.69, 9.17) is 34.4 Å². The first-order chi connectivity index (χ1) is 19.1. The van der Waals surface area contributed by atoms with E-state index in [1.807, 2.05) is 42.3 Å². The molecule has 0 fully saturated rings. The summed E-state index contributed by atoms with van der Waals surface area (Å²) in [6, 6.07) is 14.6. The first-order valence-corrected chi connectivity index (χ1v) is 12.7. The van der Waals surface area contributed by atoms with Gasteiger partial charge in [0.15, 0.2) is 11.6 Å². The number of benzene rings is 2. The lowest BCUT2D eigenvalue weighted by Crippen LogP contribution is -2.08. The first-order valence-electron chi connectivity index (χ1n) is 11.9. The van der Waals surface area contributed by atoms with Gasteiger partial charge in [0.2, 0.25) is 0 Å². The zero-order valence-corrected chi connectivity index (χ0v) is 23.8. The smallest absolute Gasteiger partial charge is 0.384 e. The molecule has 40 heavy (non-hydrogen) atoms. The van der Waals surface area contributed by atoms with Gasteiger partial charge in [0.25, 0.3) is 0 Å². The van der Waals surface area contributed by atoms with Gasteiger partial charge in [-0.1, -0.05) is 23.2 Å². The van der Waals surface area contributed by atoms with Crippen LogP contribution >= 0.6 is 23.2 Å². The second-order valence-corrected chi connectivity index (χ2v) is 9.17. The van der Waals surface area contributed by atoms with Gasteiger partial charge in [0.1, 0.15) is 12.7 Å². The van der Waals surface area contributed by atoms with Crippen LogP contribution in [-0.2, 0) is 19.1 Å². The minimum atomic E-state index is -0.597. The number of aromatic amines is 1. The molecule has 0 aliphatic heterocycles. The average molecular weight is 583 g/mol. The van der Waals surface area contributed by atoms with Crippen molar-refractivity contribution >= 4 is 41.3 Å². The molecule has 0 atom stereocenters. The van der Waals surface area contributed by atoms with Crippen LogP contribution in [0.25, 0.3) is 29.0 Å². The van der Waals surface area contributed by atoms with Crippen LogP contribution in [0.4, 0.5) is 0 Å². The Morgan fingerprint density at radius 2 is 1.50 bits per heavy atom. The molecule has 12 heteroatoms. The highest BCUT2D eigenvalue weighted by Crippen LogP contribution is 2.18. The van der Waals surface area contributed by atoms with Crippen LogP contribution in [0.3, 0.4) is 0 Å². The Labute approximate surface area is 242 Å². The lowest BCUT2D eigenvalue weighted by atomic mass is 10.2. The van der Waals surface area contributed by atoms with Crippen LogP contribution in [0.1, 0.15) is 27.7 Å². The van der Waals surface area contributed by atoms with Gasteiger partial charge in [0.05, 0.1) is 12.2 Å². The van der Waals surface area contributed by atoms with Gasteiger partial charge in [-0.3, -0.25) is 5.10 Å². The monoisotopic (exact) mass is 582 g/mol. The molecule has 0 saturated heterocycles. The summed E-state index contributed by atoms with van der Waals surface area (Å²) in [5.41, 5.74) is 1.84. The highest BCUT2D eigenvalue weighted by atomic mass is 35.5. The first kappa shape index (κ1) is 31.8. The minimum Gasteiger partial charge on any atom is -0.460 e. The lowest BCUT2D eigenvalue weighted by Gasteiger charge is -2.03.